The molecular formula is C32H52N6O8. The molecule has 0 bridgehead atoms. The van der Waals surface area contributed by atoms with Crippen molar-refractivity contribution in [3.05, 3.63) is 12.7 Å². The Morgan fingerprint density at radius 1 is 1.00 bits per heavy atom. The number of carbonyl (C=O) groups excluding carboxylic acids is 6. The lowest BCUT2D eigenvalue weighted by atomic mass is 9.85. The van der Waals surface area contributed by atoms with Gasteiger partial charge in [-0.3, -0.25) is 44.3 Å². The maximum Gasteiger partial charge on any atom is 0.289 e. The van der Waals surface area contributed by atoms with E-state index in [9.17, 15) is 33.9 Å². The smallest absolute Gasteiger partial charge is 0.289 e. The Bertz CT molecular complexity index is 1160. The number of Topliss-reactive ketones (excluding diaryl/α,β-unsaturated/α-hetero) is 1. The Morgan fingerprint density at radius 3 is 2.17 bits per heavy atom. The van der Waals surface area contributed by atoms with E-state index < -0.39 is 76.7 Å². The summed E-state index contributed by atoms with van der Waals surface area (Å²) in [5.41, 5.74) is -1.21. The standard InChI is InChI=1S/C32H52N6O8/c1-8-13-33-28(43)25(41)20(15-19-11-12-19)34-27(42)21-10-9-14-37(21)29(44)26(32(5,6)7)36-30(45)35-22(31(2,3)4)16-38-23(39)17-46-18-24(38)40/h8,19-22,26,30,35-36,45H,1,9-18H2,2-7H3,(H,33,43)(H,34,42)/t20?,21-,22+,26+,30?/m0/s1. The van der Waals surface area contributed by atoms with Crippen molar-refractivity contribution in [3.63, 3.8) is 0 Å². The number of nitrogens with zero attached hydrogens (tertiary/aromatic N) is 2. The van der Waals surface area contributed by atoms with Gasteiger partial charge in [0.1, 0.15) is 19.3 Å². The third kappa shape index (κ3) is 10.1. The number of hydrogen-bond acceptors (Lipinski definition) is 10. The summed E-state index contributed by atoms with van der Waals surface area (Å²) in [6.45, 7) is 14.8. The lowest BCUT2D eigenvalue weighted by Crippen LogP contribution is -2.64. The minimum Gasteiger partial charge on any atom is -0.365 e. The molecule has 3 aliphatic rings. The quantitative estimate of drug-likeness (QED) is 0.0689. The fourth-order valence-corrected chi connectivity index (χ4v) is 5.64. The largest absolute Gasteiger partial charge is 0.365 e. The average Bonchev–Trinajstić information content (AvgIpc) is 3.64. The van der Waals surface area contributed by atoms with Gasteiger partial charge in [0.25, 0.3) is 17.7 Å². The number of aliphatic hydroxyl groups excluding tert-OH is 1. The third-order valence-electron chi connectivity index (χ3n) is 8.63. The normalized spacial score (nSPS) is 21.8. The highest BCUT2D eigenvalue weighted by Gasteiger charge is 2.44. The molecule has 2 heterocycles. The number of likely N-dealkylation sites (tertiary alicyclic amines) is 1. The molecule has 2 aliphatic heterocycles. The summed E-state index contributed by atoms with van der Waals surface area (Å²) < 4.78 is 5.01. The van der Waals surface area contributed by atoms with Crippen LogP contribution in [0.5, 0.6) is 0 Å². The second-order valence-electron chi connectivity index (χ2n) is 14.6. The van der Waals surface area contributed by atoms with Crippen molar-refractivity contribution in [2.45, 2.75) is 104 Å². The third-order valence-corrected chi connectivity index (χ3v) is 8.63. The summed E-state index contributed by atoms with van der Waals surface area (Å²) >= 11 is 0. The van der Waals surface area contributed by atoms with Crippen molar-refractivity contribution in [3.8, 4) is 0 Å². The molecule has 5 N–H and O–H groups in total. The topological polar surface area (TPSA) is 186 Å². The number of amides is 5. The molecule has 5 amide bonds. The first kappa shape index (κ1) is 37.3. The van der Waals surface area contributed by atoms with Crippen molar-refractivity contribution in [2.75, 3.05) is 32.8 Å². The number of nitrogens with one attached hydrogen (secondary N) is 4. The zero-order valence-electron chi connectivity index (χ0n) is 28.0. The van der Waals surface area contributed by atoms with Gasteiger partial charge in [-0.05, 0) is 36.0 Å². The molecule has 2 unspecified atom stereocenters. The van der Waals surface area contributed by atoms with Crippen molar-refractivity contribution < 1.29 is 38.6 Å². The number of ether oxygens (including phenoxy) is 1. The second-order valence-corrected chi connectivity index (χ2v) is 14.6. The molecule has 0 aromatic heterocycles. The molecule has 2 saturated heterocycles. The van der Waals surface area contributed by atoms with E-state index in [1.54, 1.807) is 0 Å². The Morgan fingerprint density at radius 2 is 1.63 bits per heavy atom. The summed E-state index contributed by atoms with van der Waals surface area (Å²) in [5.74, 6) is -3.09. The Kier molecular flexibility index (Phi) is 12.6. The predicted octanol–water partition coefficient (Wildman–Crippen LogP) is -0.196. The maximum absolute atomic E-state index is 14.1. The molecule has 14 nitrogen and oxygen atoms in total. The summed E-state index contributed by atoms with van der Waals surface area (Å²) in [4.78, 5) is 80.3. The van der Waals surface area contributed by atoms with Crippen LogP contribution in [0.15, 0.2) is 12.7 Å². The molecule has 0 aromatic carbocycles. The van der Waals surface area contributed by atoms with E-state index in [2.05, 4.69) is 27.8 Å². The molecule has 5 atom stereocenters. The number of ketones is 1. The van der Waals surface area contributed by atoms with E-state index >= 15 is 0 Å². The van der Waals surface area contributed by atoms with E-state index in [0.717, 1.165) is 17.7 Å². The molecule has 0 aromatic rings. The molecule has 3 fully saturated rings. The van der Waals surface area contributed by atoms with Crippen LogP contribution in [-0.4, -0.2) is 114 Å². The molecule has 14 heteroatoms. The minimum absolute atomic E-state index is 0.00186. The van der Waals surface area contributed by atoms with Gasteiger partial charge in [0.05, 0.1) is 12.1 Å². The summed E-state index contributed by atoms with van der Waals surface area (Å²) in [7, 11) is 0. The molecule has 46 heavy (non-hydrogen) atoms. The van der Waals surface area contributed by atoms with Crippen LogP contribution in [0.4, 0.5) is 0 Å². The number of imide groups is 1. The first-order valence-electron chi connectivity index (χ1n) is 16.1. The van der Waals surface area contributed by atoms with Gasteiger partial charge >= 0.3 is 0 Å². The van der Waals surface area contributed by atoms with Crippen molar-refractivity contribution in [1.82, 2.24) is 31.1 Å². The van der Waals surface area contributed by atoms with Gasteiger partial charge in [-0.15, -0.1) is 6.58 Å². The fraction of sp³-hybridized carbons (Fsp3) is 0.750. The first-order valence-corrected chi connectivity index (χ1v) is 16.1. The van der Waals surface area contributed by atoms with Crippen LogP contribution in [0, 0.1) is 16.7 Å². The highest BCUT2D eigenvalue weighted by molar-refractivity contribution is 6.38. The number of rotatable bonds is 15. The Hall–Kier alpha value is -3.20. The lowest BCUT2D eigenvalue weighted by Gasteiger charge is -2.40. The van der Waals surface area contributed by atoms with Crippen molar-refractivity contribution in [1.29, 1.82) is 0 Å². The number of morpholine rings is 1. The van der Waals surface area contributed by atoms with Gasteiger partial charge in [0.15, 0.2) is 6.35 Å². The van der Waals surface area contributed by atoms with Crippen LogP contribution in [0.2, 0.25) is 0 Å². The molecule has 258 valence electrons. The molecule has 0 radical (unpaired) electrons. The summed E-state index contributed by atoms with van der Waals surface area (Å²) in [6, 6.07) is -3.34. The van der Waals surface area contributed by atoms with Gasteiger partial charge < -0.3 is 25.4 Å². The van der Waals surface area contributed by atoms with Gasteiger partial charge in [-0.1, -0.05) is 60.5 Å². The first-order chi connectivity index (χ1) is 21.4. The highest BCUT2D eigenvalue weighted by atomic mass is 16.5. The van der Waals surface area contributed by atoms with E-state index in [1.165, 1.54) is 11.0 Å². The fourth-order valence-electron chi connectivity index (χ4n) is 5.64. The summed E-state index contributed by atoms with van der Waals surface area (Å²) in [6.07, 6.45) is 3.20. The molecule has 0 spiro atoms. The lowest BCUT2D eigenvalue weighted by molar-refractivity contribution is -0.159. The number of carbonyl (C=O) groups is 6. The SMILES string of the molecule is C=CCNC(=O)C(=O)C(CC1CC1)NC(=O)[C@@H]1CCCN1C(=O)[C@@H](NC(O)N[C@H](CN1C(=O)COCC1=O)C(C)(C)C)C(C)(C)C. The Balaban J connectivity index is 1.72. The molecule has 1 saturated carbocycles. The average molecular weight is 649 g/mol. The van der Waals surface area contributed by atoms with Crippen LogP contribution in [-0.2, 0) is 33.5 Å². The molecule has 1 aliphatic carbocycles. The van der Waals surface area contributed by atoms with Crippen molar-refractivity contribution >= 4 is 35.3 Å². The maximum atomic E-state index is 14.1. The molecule has 3 rings (SSSR count). The number of hydrogen-bond donors (Lipinski definition) is 5. The van der Waals surface area contributed by atoms with E-state index in [1.807, 2.05) is 41.5 Å². The van der Waals surface area contributed by atoms with Crippen LogP contribution < -0.4 is 21.3 Å². The van der Waals surface area contributed by atoms with Gasteiger partial charge in [-0.25, -0.2) is 0 Å². The summed E-state index contributed by atoms with van der Waals surface area (Å²) in [5, 5.41) is 22.4. The van der Waals surface area contributed by atoms with E-state index in [-0.39, 0.29) is 32.2 Å². The second kappa shape index (κ2) is 15.6. The van der Waals surface area contributed by atoms with Gasteiger partial charge in [0, 0.05) is 25.7 Å². The van der Waals surface area contributed by atoms with E-state index in [4.69, 9.17) is 4.74 Å². The highest BCUT2D eigenvalue weighted by Crippen LogP contribution is 2.34. The zero-order valence-corrected chi connectivity index (χ0v) is 28.0. The molecular weight excluding hydrogens is 596 g/mol. The van der Waals surface area contributed by atoms with E-state index in [0.29, 0.717) is 25.8 Å². The van der Waals surface area contributed by atoms with Crippen LogP contribution in [0.1, 0.15) is 73.6 Å². The van der Waals surface area contributed by atoms with Crippen LogP contribution in [0.3, 0.4) is 0 Å². The zero-order chi connectivity index (χ0) is 34.4. The predicted molar refractivity (Wildman–Crippen MR) is 169 cm³/mol. The van der Waals surface area contributed by atoms with Crippen molar-refractivity contribution in [2.24, 2.45) is 16.7 Å². The van der Waals surface area contributed by atoms with Crippen LogP contribution >= 0.6 is 0 Å². The number of aliphatic hydroxyl groups is 1. The van der Waals surface area contributed by atoms with Crippen LogP contribution in [0.25, 0.3) is 0 Å². The van der Waals surface area contributed by atoms with Gasteiger partial charge in [-0.2, -0.15) is 0 Å². The Labute approximate surface area is 271 Å². The minimum atomic E-state index is -1.41. The van der Waals surface area contributed by atoms with Gasteiger partial charge in [0.2, 0.25) is 17.6 Å². The monoisotopic (exact) mass is 648 g/mol.